The monoisotopic (exact) mass is 248 g/mol. The average Bonchev–Trinajstić information content (AvgIpc) is 2.29. The molecule has 88 valence electrons. The summed E-state index contributed by atoms with van der Waals surface area (Å²) in [6.07, 6.45) is 5.08. The largest absolute Gasteiger partial charge is 0.220 e. The molecule has 0 amide bonds. The van der Waals surface area contributed by atoms with Crippen LogP contribution in [0, 0.1) is 23.7 Å². The predicted octanol–water partition coefficient (Wildman–Crippen LogP) is 0.975. The van der Waals surface area contributed by atoms with E-state index in [1.165, 1.54) is 0 Å². The van der Waals surface area contributed by atoms with Gasteiger partial charge in [-0.1, -0.05) is 36.3 Å². The van der Waals surface area contributed by atoms with Gasteiger partial charge in [0.25, 0.3) is 0 Å². The Morgan fingerprint density at radius 1 is 1.24 bits per heavy atom. The summed E-state index contributed by atoms with van der Waals surface area (Å²) in [6.45, 7) is -0.303. The standard InChI is InChI=1S/C12H12N2O2S/c1-2-9-14(10-8-13)17(15,16)11-12-6-4-3-5-7-12/h1,3-7H,9-11H2. The van der Waals surface area contributed by atoms with Gasteiger partial charge in [0.15, 0.2) is 0 Å². The van der Waals surface area contributed by atoms with E-state index in [-0.39, 0.29) is 18.8 Å². The van der Waals surface area contributed by atoms with Gasteiger partial charge in [-0.3, -0.25) is 0 Å². The highest BCUT2D eigenvalue weighted by atomic mass is 32.2. The van der Waals surface area contributed by atoms with Crippen molar-refractivity contribution in [2.45, 2.75) is 5.75 Å². The van der Waals surface area contributed by atoms with Crippen LogP contribution in [0.3, 0.4) is 0 Å². The molecule has 5 heteroatoms. The van der Waals surface area contributed by atoms with Crippen molar-refractivity contribution in [3.63, 3.8) is 0 Å². The van der Waals surface area contributed by atoms with Crippen LogP contribution >= 0.6 is 0 Å². The van der Waals surface area contributed by atoms with Gasteiger partial charge in [-0.05, 0) is 5.56 Å². The number of nitrogens with zero attached hydrogens (tertiary/aromatic N) is 2. The van der Waals surface area contributed by atoms with E-state index in [4.69, 9.17) is 11.7 Å². The minimum absolute atomic E-state index is 0.0806. The Bertz CT molecular complexity index is 522. The minimum atomic E-state index is -3.53. The number of terminal acetylenes is 1. The number of hydrogen-bond donors (Lipinski definition) is 0. The summed E-state index contributed by atoms with van der Waals surface area (Å²) in [5.41, 5.74) is 0.674. The van der Waals surface area contributed by atoms with E-state index >= 15 is 0 Å². The maximum absolute atomic E-state index is 12.0. The maximum Gasteiger partial charge on any atom is 0.220 e. The molecule has 0 saturated carbocycles. The highest BCUT2D eigenvalue weighted by Gasteiger charge is 2.21. The van der Waals surface area contributed by atoms with Gasteiger partial charge in [-0.2, -0.15) is 9.57 Å². The van der Waals surface area contributed by atoms with Crippen molar-refractivity contribution in [2.75, 3.05) is 13.1 Å². The summed E-state index contributed by atoms with van der Waals surface area (Å²) in [6, 6.07) is 10.6. The van der Waals surface area contributed by atoms with Crippen LogP contribution in [-0.2, 0) is 15.8 Å². The third-order valence-electron chi connectivity index (χ3n) is 2.10. The maximum atomic E-state index is 12.0. The Morgan fingerprint density at radius 3 is 2.41 bits per heavy atom. The van der Waals surface area contributed by atoms with Crippen molar-refractivity contribution in [1.82, 2.24) is 4.31 Å². The third-order valence-corrected chi connectivity index (χ3v) is 3.84. The van der Waals surface area contributed by atoms with Crippen molar-refractivity contribution >= 4 is 10.0 Å². The lowest BCUT2D eigenvalue weighted by molar-refractivity contribution is 0.480. The summed E-state index contributed by atoms with van der Waals surface area (Å²) >= 11 is 0. The molecule has 0 atom stereocenters. The van der Waals surface area contributed by atoms with Crippen LogP contribution in [0.2, 0.25) is 0 Å². The van der Waals surface area contributed by atoms with Crippen LogP contribution in [0.1, 0.15) is 5.56 Å². The summed E-state index contributed by atoms with van der Waals surface area (Å²) in [7, 11) is -3.53. The zero-order chi connectivity index (χ0) is 12.7. The molecule has 1 rings (SSSR count). The summed E-state index contributed by atoms with van der Waals surface area (Å²) in [5.74, 6) is 2.10. The molecule has 1 aromatic rings. The molecule has 4 nitrogen and oxygen atoms in total. The van der Waals surface area contributed by atoms with E-state index in [0.29, 0.717) is 5.56 Å². The molecule has 0 unspecified atom stereocenters. The Hall–Kier alpha value is -1.82. The second-order valence-electron chi connectivity index (χ2n) is 3.37. The van der Waals surface area contributed by atoms with Gasteiger partial charge < -0.3 is 0 Å². The Morgan fingerprint density at radius 2 is 1.88 bits per heavy atom. The van der Waals surface area contributed by atoms with E-state index in [1.807, 2.05) is 6.07 Å². The molecule has 1 aromatic carbocycles. The van der Waals surface area contributed by atoms with Gasteiger partial charge in [0, 0.05) is 0 Å². The van der Waals surface area contributed by atoms with Gasteiger partial charge in [0.05, 0.1) is 18.4 Å². The quantitative estimate of drug-likeness (QED) is 0.576. The van der Waals surface area contributed by atoms with Crippen LogP contribution < -0.4 is 0 Å². The van der Waals surface area contributed by atoms with Crippen LogP contribution in [-0.4, -0.2) is 25.8 Å². The molecule has 0 fully saturated rings. The molecule has 0 N–H and O–H groups in total. The van der Waals surface area contributed by atoms with E-state index in [9.17, 15) is 8.42 Å². The molecule has 0 radical (unpaired) electrons. The first-order valence-electron chi connectivity index (χ1n) is 4.92. The molecule has 0 aliphatic carbocycles. The van der Waals surface area contributed by atoms with E-state index in [1.54, 1.807) is 30.3 Å². The number of sulfonamides is 1. The van der Waals surface area contributed by atoms with Crippen LogP contribution in [0.5, 0.6) is 0 Å². The Kier molecular flexibility index (Phi) is 4.71. The fraction of sp³-hybridized carbons (Fsp3) is 0.250. The lowest BCUT2D eigenvalue weighted by Crippen LogP contribution is -2.32. The molecular formula is C12H12N2O2S. The first-order valence-corrected chi connectivity index (χ1v) is 6.53. The molecule has 0 bridgehead atoms. The van der Waals surface area contributed by atoms with Gasteiger partial charge >= 0.3 is 0 Å². The molecule has 17 heavy (non-hydrogen) atoms. The van der Waals surface area contributed by atoms with Crippen molar-refractivity contribution in [3.8, 4) is 18.4 Å². The Balaban J connectivity index is 2.87. The minimum Gasteiger partial charge on any atom is -0.212 e. The third kappa shape index (κ3) is 3.92. The number of benzene rings is 1. The topological polar surface area (TPSA) is 61.2 Å². The average molecular weight is 248 g/mol. The summed E-state index contributed by atoms with van der Waals surface area (Å²) in [5, 5.41) is 8.57. The van der Waals surface area contributed by atoms with Crippen LogP contribution in [0.4, 0.5) is 0 Å². The number of rotatable bonds is 5. The predicted molar refractivity (Wildman–Crippen MR) is 65.1 cm³/mol. The second kappa shape index (κ2) is 6.05. The fourth-order valence-electron chi connectivity index (χ4n) is 1.31. The van der Waals surface area contributed by atoms with Gasteiger partial charge in [0.1, 0.15) is 6.54 Å². The van der Waals surface area contributed by atoms with E-state index in [0.717, 1.165) is 4.31 Å². The first kappa shape index (κ1) is 13.2. The highest BCUT2D eigenvalue weighted by Crippen LogP contribution is 2.09. The lowest BCUT2D eigenvalue weighted by Gasteiger charge is -2.16. The normalized spacial score (nSPS) is 10.8. The smallest absolute Gasteiger partial charge is 0.212 e. The number of nitriles is 1. The van der Waals surface area contributed by atoms with Crippen molar-refractivity contribution in [1.29, 1.82) is 5.26 Å². The van der Waals surface area contributed by atoms with Crippen LogP contribution in [0.15, 0.2) is 30.3 Å². The molecule has 0 aromatic heterocycles. The first-order chi connectivity index (χ1) is 8.10. The van der Waals surface area contributed by atoms with E-state index < -0.39 is 10.0 Å². The molecule has 0 spiro atoms. The molecule has 0 aliphatic rings. The summed E-state index contributed by atoms with van der Waals surface area (Å²) < 4.78 is 24.9. The van der Waals surface area contributed by atoms with E-state index in [2.05, 4.69) is 5.92 Å². The zero-order valence-corrected chi connectivity index (χ0v) is 10.0. The lowest BCUT2D eigenvalue weighted by atomic mass is 10.2. The van der Waals surface area contributed by atoms with Gasteiger partial charge in [0.2, 0.25) is 10.0 Å². The van der Waals surface area contributed by atoms with Crippen molar-refractivity contribution in [2.24, 2.45) is 0 Å². The van der Waals surface area contributed by atoms with Gasteiger partial charge in [-0.25, -0.2) is 8.42 Å². The van der Waals surface area contributed by atoms with Crippen molar-refractivity contribution in [3.05, 3.63) is 35.9 Å². The zero-order valence-electron chi connectivity index (χ0n) is 9.20. The summed E-state index contributed by atoms with van der Waals surface area (Å²) in [4.78, 5) is 0. The molecular weight excluding hydrogens is 236 g/mol. The van der Waals surface area contributed by atoms with Crippen LogP contribution in [0.25, 0.3) is 0 Å². The molecule has 0 heterocycles. The van der Waals surface area contributed by atoms with Crippen molar-refractivity contribution < 1.29 is 8.42 Å². The Labute approximate surface area is 102 Å². The highest BCUT2D eigenvalue weighted by molar-refractivity contribution is 7.88. The second-order valence-corrected chi connectivity index (χ2v) is 5.34. The molecule has 0 saturated heterocycles. The molecule has 0 aliphatic heterocycles. The van der Waals surface area contributed by atoms with Gasteiger partial charge in [-0.15, -0.1) is 6.42 Å². The number of hydrogen-bond acceptors (Lipinski definition) is 3. The fourth-order valence-corrected chi connectivity index (χ4v) is 2.63. The SMILES string of the molecule is C#CCN(CC#N)S(=O)(=O)Cc1ccccc1.